The van der Waals surface area contributed by atoms with Crippen molar-refractivity contribution in [3.05, 3.63) is 59.7 Å². The molecule has 2 atom stereocenters. The summed E-state index contributed by atoms with van der Waals surface area (Å²) in [6.45, 7) is 10.6. The van der Waals surface area contributed by atoms with Crippen LogP contribution in [0, 0.1) is 0 Å². The Bertz CT molecular complexity index is 745. The van der Waals surface area contributed by atoms with E-state index in [1.54, 1.807) is 0 Å². The standard InChI is InChI=1S/C24H33NO3/c1-5-7-15-26-22-20-16-19(25-6-2)13-14-21(20)28-24(3,4)23(22)27-17-18-11-9-8-10-12-18/h8-14,16,22-23,25H,5-7,15,17H2,1-4H3. The number of hydrogen-bond acceptors (Lipinski definition) is 4. The van der Waals surface area contributed by atoms with Crippen molar-refractivity contribution >= 4 is 5.69 Å². The molecule has 0 bridgehead atoms. The minimum absolute atomic E-state index is 0.160. The molecule has 4 heteroatoms. The Balaban J connectivity index is 1.88. The Hall–Kier alpha value is -2.04. The summed E-state index contributed by atoms with van der Waals surface area (Å²) >= 11 is 0. The third-order valence-corrected chi connectivity index (χ3v) is 5.10. The maximum atomic E-state index is 6.41. The van der Waals surface area contributed by atoms with Gasteiger partial charge in [0.25, 0.3) is 0 Å². The number of rotatable bonds is 9. The zero-order chi connectivity index (χ0) is 20.0. The molecule has 1 N–H and O–H groups in total. The molecule has 1 heterocycles. The van der Waals surface area contributed by atoms with Crippen LogP contribution in [0.5, 0.6) is 5.75 Å². The maximum Gasteiger partial charge on any atom is 0.132 e. The Morgan fingerprint density at radius 2 is 1.82 bits per heavy atom. The highest BCUT2D eigenvalue weighted by molar-refractivity contribution is 5.53. The molecule has 0 aromatic heterocycles. The summed E-state index contributed by atoms with van der Waals surface area (Å²) in [5, 5.41) is 3.39. The van der Waals surface area contributed by atoms with Gasteiger partial charge < -0.3 is 19.5 Å². The highest BCUT2D eigenvalue weighted by atomic mass is 16.6. The number of ether oxygens (including phenoxy) is 3. The van der Waals surface area contributed by atoms with Crippen LogP contribution in [-0.4, -0.2) is 24.9 Å². The number of hydrogen-bond donors (Lipinski definition) is 1. The van der Waals surface area contributed by atoms with Crippen molar-refractivity contribution in [1.82, 2.24) is 0 Å². The molecule has 1 aliphatic heterocycles. The smallest absolute Gasteiger partial charge is 0.132 e. The van der Waals surface area contributed by atoms with Gasteiger partial charge in [0.1, 0.15) is 23.6 Å². The van der Waals surface area contributed by atoms with Gasteiger partial charge in [-0.1, -0.05) is 43.7 Å². The summed E-state index contributed by atoms with van der Waals surface area (Å²) in [7, 11) is 0. The second-order valence-electron chi connectivity index (χ2n) is 7.85. The van der Waals surface area contributed by atoms with E-state index in [1.807, 2.05) is 24.3 Å². The molecule has 2 unspecified atom stereocenters. The van der Waals surface area contributed by atoms with E-state index in [4.69, 9.17) is 14.2 Å². The van der Waals surface area contributed by atoms with Crippen LogP contribution in [-0.2, 0) is 16.1 Å². The van der Waals surface area contributed by atoms with Gasteiger partial charge in [0.15, 0.2) is 0 Å². The zero-order valence-electron chi connectivity index (χ0n) is 17.5. The summed E-state index contributed by atoms with van der Waals surface area (Å²) < 4.78 is 19.2. The first kappa shape index (κ1) is 20.7. The lowest BCUT2D eigenvalue weighted by Crippen LogP contribution is -2.51. The summed E-state index contributed by atoms with van der Waals surface area (Å²) in [5.41, 5.74) is 2.80. The van der Waals surface area contributed by atoms with Gasteiger partial charge in [0.2, 0.25) is 0 Å². The molecule has 1 aliphatic rings. The molecule has 2 aromatic rings. The third-order valence-electron chi connectivity index (χ3n) is 5.10. The molecule has 3 rings (SSSR count). The van der Waals surface area contributed by atoms with Gasteiger partial charge in [-0.05, 0) is 51.0 Å². The Kier molecular flexibility index (Phi) is 6.97. The number of anilines is 1. The molecular weight excluding hydrogens is 350 g/mol. The highest BCUT2D eigenvalue weighted by Gasteiger charge is 2.45. The van der Waals surface area contributed by atoms with E-state index in [-0.39, 0.29) is 12.2 Å². The fourth-order valence-corrected chi connectivity index (χ4v) is 3.63. The summed E-state index contributed by atoms with van der Waals surface area (Å²) in [4.78, 5) is 0. The van der Waals surface area contributed by atoms with E-state index in [9.17, 15) is 0 Å². The van der Waals surface area contributed by atoms with Gasteiger partial charge in [-0.3, -0.25) is 0 Å². The molecular formula is C24H33NO3. The Labute approximate surface area is 169 Å². The van der Waals surface area contributed by atoms with Crippen molar-refractivity contribution in [2.45, 2.75) is 65.0 Å². The first-order valence-corrected chi connectivity index (χ1v) is 10.4. The van der Waals surface area contributed by atoms with Crippen LogP contribution in [0.2, 0.25) is 0 Å². The zero-order valence-corrected chi connectivity index (χ0v) is 17.5. The quantitative estimate of drug-likeness (QED) is 0.561. The van der Waals surface area contributed by atoms with E-state index < -0.39 is 5.60 Å². The Morgan fingerprint density at radius 3 is 2.54 bits per heavy atom. The molecule has 0 amide bonds. The lowest BCUT2D eigenvalue weighted by atomic mass is 9.87. The number of nitrogens with one attached hydrogen (secondary N) is 1. The van der Waals surface area contributed by atoms with Crippen molar-refractivity contribution in [2.24, 2.45) is 0 Å². The second kappa shape index (κ2) is 9.44. The molecule has 2 aromatic carbocycles. The predicted octanol–water partition coefficient (Wildman–Crippen LogP) is 5.73. The average molecular weight is 384 g/mol. The van der Waals surface area contributed by atoms with E-state index in [0.717, 1.165) is 42.0 Å². The van der Waals surface area contributed by atoms with Crippen molar-refractivity contribution in [1.29, 1.82) is 0 Å². The molecule has 0 saturated heterocycles. The summed E-state index contributed by atoms with van der Waals surface area (Å²) in [6, 6.07) is 16.5. The normalized spacial score (nSPS) is 20.3. The summed E-state index contributed by atoms with van der Waals surface area (Å²) in [6.07, 6.45) is 1.78. The average Bonchev–Trinajstić information content (AvgIpc) is 2.68. The van der Waals surface area contributed by atoms with E-state index in [1.165, 1.54) is 0 Å². The van der Waals surface area contributed by atoms with Crippen LogP contribution in [0.3, 0.4) is 0 Å². The molecule has 28 heavy (non-hydrogen) atoms. The number of unbranched alkanes of at least 4 members (excludes halogenated alkanes) is 1. The Morgan fingerprint density at radius 1 is 1.04 bits per heavy atom. The first-order chi connectivity index (χ1) is 13.5. The van der Waals surface area contributed by atoms with Gasteiger partial charge in [-0.2, -0.15) is 0 Å². The van der Waals surface area contributed by atoms with Crippen LogP contribution < -0.4 is 10.1 Å². The minimum atomic E-state index is -0.488. The summed E-state index contributed by atoms with van der Waals surface area (Å²) in [5.74, 6) is 0.882. The second-order valence-corrected chi connectivity index (χ2v) is 7.85. The van der Waals surface area contributed by atoms with E-state index >= 15 is 0 Å². The third kappa shape index (κ3) is 4.86. The fourth-order valence-electron chi connectivity index (χ4n) is 3.63. The number of benzene rings is 2. The lowest BCUT2D eigenvalue weighted by molar-refractivity contribution is -0.167. The topological polar surface area (TPSA) is 39.7 Å². The van der Waals surface area contributed by atoms with Crippen molar-refractivity contribution < 1.29 is 14.2 Å². The van der Waals surface area contributed by atoms with Gasteiger partial charge in [-0.15, -0.1) is 0 Å². The predicted molar refractivity (Wildman–Crippen MR) is 114 cm³/mol. The number of fused-ring (bicyclic) bond motifs is 1. The van der Waals surface area contributed by atoms with Crippen molar-refractivity contribution in [3.63, 3.8) is 0 Å². The van der Waals surface area contributed by atoms with Crippen molar-refractivity contribution in [2.75, 3.05) is 18.5 Å². The van der Waals surface area contributed by atoms with E-state index in [0.29, 0.717) is 13.2 Å². The van der Waals surface area contributed by atoms with Gasteiger partial charge in [0, 0.05) is 24.4 Å². The monoisotopic (exact) mass is 383 g/mol. The minimum Gasteiger partial charge on any atom is -0.485 e. The van der Waals surface area contributed by atoms with Crippen LogP contribution in [0.4, 0.5) is 5.69 Å². The molecule has 0 saturated carbocycles. The van der Waals surface area contributed by atoms with Crippen LogP contribution >= 0.6 is 0 Å². The van der Waals surface area contributed by atoms with Crippen LogP contribution in [0.1, 0.15) is 57.8 Å². The first-order valence-electron chi connectivity index (χ1n) is 10.4. The lowest BCUT2D eigenvalue weighted by Gasteiger charge is -2.44. The molecule has 0 aliphatic carbocycles. The molecule has 152 valence electrons. The van der Waals surface area contributed by atoms with Crippen LogP contribution in [0.15, 0.2) is 48.5 Å². The van der Waals surface area contributed by atoms with Gasteiger partial charge in [-0.25, -0.2) is 0 Å². The maximum absolute atomic E-state index is 6.41. The fraction of sp³-hybridized carbons (Fsp3) is 0.500. The van der Waals surface area contributed by atoms with Crippen LogP contribution in [0.25, 0.3) is 0 Å². The highest BCUT2D eigenvalue weighted by Crippen LogP contribution is 2.44. The SMILES string of the molecule is CCCCOC1c2cc(NCC)ccc2OC(C)(C)C1OCc1ccccc1. The van der Waals surface area contributed by atoms with Gasteiger partial charge in [0.05, 0.1) is 6.61 Å². The van der Waals surface area contributed by atoms with Crippen molar-refractivity contribution in [3.8, 4) is 5.75 Å². The van der Waals surface area contributed by atoms with Gasteiger partial charge >= 0.3 is 0 Å². The van der Waals surface area contributed by atoms with E-state index in [2.05, 4.69) is 57.3 Å². The molecule has 4 nitrogen and oxygen atoms in total. The molecule has 0 fully saturated rings. The molecule has 0 radical (unpaired) electrons. The molecule has 0 spiro atoms. The largest absolute Gasteiger partial charge is 0.485 e.